The molecule has 0 aliphatic carbocycles. The number of nitrogens with one attached hydrogen (secondary N) is 1. The molecule has 3 amide bonds. The van der Waals surface area contributed by atoms with Crippen molar-refractivity contribution in [2.75, 3.05) is 11.4 Å². The monoisotopic (exact) mass is 591 g/mol. The van der Waals surface area contributed by atoms with Crippen molar-refractivity contribution in [1.29, 1.82) is 0 Å². The average molecular weight is 592 g/mol. The molecule has 0 unspecified atom stereocenters. The van der Waals surface area contributed by atoms with Crippen molar-refractivity contribution in [3.8, 4) is 22.9 Å². The standard InChI is InChI=1S/C31H28ClF2N5O3/c1-3-26-23-12-19(30-35-15-28(37(30)2)39-11-10-27(40)36-31(39)41)6-7-20(23)17-38(26)16-18-4-8-22(9-5-18)42-29-24(32)13-21(33)14-25(29)34/h4-9,12-15,26H,3,10-11,16-17H2,1-2H3,(H,36,40,41)/t26-/m0/s1. The number of benzene rings is 3. The van der Waals surface area contributed by atoms with Crippen LogP contribution in [0.5, 0.6) is 11.5 Å². The lowest BCUT2D eigenvalue weighted by Crippen LogP contribution is -2.50. The Morgan fingerprint density at radius 3 is 2.60 bits per heavy atom. The Labute approximate surface area is 246 Å². The van der Waals surface area contributed by atoms with Crippen LogP contribution in [0.4, 0.5) is 19.4 Å². The summed E-state index contributed by atoms with van der Waals surface area (Å²) in [6, 6.07) is 15.2. The fourth-order valence-corrected chi connectivity index (χ4v) is 5.94. The summed E-state index contributed by atoms with van der Waals surface area (Å²) in [7, 11) is 1.87. The zero-order valence-electron chi connectivity index (χ0n) is 23.0. The first kappa shape index (κ1) is 27.9. The number of rotatable bonds is 7. The summed E-state index contributed by atoms with van der Waals surface area (Å²) in [6.45, 7) is 3.96. The predicted octanol–water partition coefficient (Wildman–Crippen LogP) is 6.72. The molecule has 216 valence electrons. The van der Waals surface area contributed by atoms with E-state index >= 15 is 0 Å². The lowest BCUT2D eigenvalue weighted by atomic mass is 9.99. The molecule has 3 heterocycles. The highest BCUT2D eigenvalue weighted by Crippen LogP contribution is 2.40. The average Bonchev–Trinajstić information content (AvgIpc) is 3.50. The summed E-state index contributed by atoms with van der Waals surface area (Å²) in [5.74, 6) is -0.354. The van der Waals surface area contributed by atoms with Crippen molar-refractivity contribution in [2.45, 2.75) is 38.9 Å². The number of amides is 3. The van der Waals surface area contributed by atoms with Gasteiger partial charge in [0.05, 0.1) is 11.2 Å². The molecule has 42 heavy (non-hydrogen) atoms. The van der Waals surface area contributed by atoms with E-state index < -0.39 is 17.7 Å². The molecule has 1 saturated heterocycles. The molecule has 1 aromatic heterocycles. The van der Waals surface area contributed by atoms with Crippen LogP contribution in [0.3, 0.4) is 0 Å². The van der Waals surface area contributed by atoms with Gasteiger partial charge in [-0.2, -0.15) is 0 Å². The molecule has 2 aliphatic heterocycles. The number of carbonyl (C=O) groups is 2. The minimum Gasteiger partial charge on any atom is -0.453 e. The molecule has 8 nitrogen and oxygen atoms in total. The van der Waals surface area contributed by atoms with Crippen LogP contribution < -0.4 is 15.0 Å². The van der Waals surface area contributed by atoms with Crippen LogP contribution in [0.2, 0.25) is 5.02 Å². The molecule has 11 heteroatoms. The van der Waals surface area contributed by atoms with Crippen LogP contribution in [0.1, 0.15) is 42.5 Å². The van der Waals surface area contributed by atoms with Crippen LogP contribution in [-0.4, -0.2) is 32.9 Å². The van der Waals surface area contributed by atoms with Crippen LogP contribution in [0.25, 0.3) is 11.4 Å². The van der Waals surface area contributed by atoms with E-state index in [1.807, 2.05) is 29.8 Å². The summed E-state index contributed by atoms with van der Waals surface area (Å²) in [5.41, 5.74) is 4.49. The highest BCUT2D eigenvalue weighted by molar-refractivity contribution is 6.32. The van der Waals surface area contributed by atoms with E-state index in [1.165, 1.54) is 16.0 Å². The fourth-order valence-electron chi connectivity index (χ4n) is 5.70. The van der Waals surface area contributed by atoms with E-state index in [0.717, 1.165) is 42.0 Å². The van der Waals surface area contributed by atoms with E-state index in [1.54, 1.807) is 18.3 Å². The Morgan fingerprint density at radius 1 is 1.10 bits per heavy atom. The SMILES string of the molecule is CC[C@H]1c2cc(-c3ncc(N4CCC(=O)NC4=O)n3C)ccc2CN1Cc1ccc(Oc2c(F)cc(F)cc2Cl)cc1. The second kappa shape index (κ2) is 11.2. The first-order chi connectivity index (χ1) is 20.2. The third-order valence-corrected chi connectivity index (χ3v) is 8.03. The molecule has 4 aromatic rings. The Kier molecular flexibility index (Phi) is 7.42. The molecule has 6 rings (SSSR count). The molecule has 0 bridgehead atoms. The molecule has 1 N–H and O–H groups in total. The zero-order valence-corrected chi connectivity index (χ0v) is 23.8. The Bertz CT molecular complexity index is 1670. The van der Waals surface area contributed by atoms with Gasteiger partial charge in [-0.25, -0.2) is 18.6 Å². The molecule has 0 saturated carbocycles. The van der Waals surface area contributed by atoms with Crippen LogP contribution in [-0.2, 0) is 24.9 Å². The number of halogens is 3. The zero-order chi connectivity index (χ0) is 29.5. The number of ether oxygens (including phenoxy) is 1. The van der Waals surface area contributed by atoms with Gasteiger partial charge in [0.2, 0.25) is 5.91 Å². The number of imidazole rings is 1. The molecular weight excluding hydrogens is 564 g/mol. The summed E-state index contributed by atoms with van der Waals surface area (Å²) in [4.78, 5) is 32.5. The van der Waals surface area contributed by atoms with Gasteiger partial charge in [0, 0.05) is 50.8 Å². The lowest BCUT2D eigenvalue weighted by molar-refractivity contribution is -0.120. The number of nitrogens with zero attached hydrogens (tertiary/aromatic N) is 4. The summed E-state index contributed by atoms with van der Waals surface area (Å²) in [6.07, 6.45) is 2.82. The van der Waals surface area contributed by atoms with Crippen molar-refractivity contribution in [2.24, 2.45) is 7.05 Å². The van der Waals surface area contributed by atoms with Gasteiger partial charge < -0.3 is 9.30 Å². The number of hydrogen-bond donors (Lipinski definition) is 1. The number of imide groups is 1. The number of aromatic nitrogens is 2. The van der Waals surface area contributed by atoms with Crippen LogP contribution in [0, 0.1) is 11.6 Å². The first-order valence-corrected chi connectivity index (χ1v) is 14.0. The maximum atomic E-state index is 14.1. The van der Waals surface area contributed by atoms with Crippen LogP contribution in [0.15, 0.2) is 60.8 Å². The Balaban J connectivity index is 1.18. The number of urea groups is 1. The topological polar surface area (TPSA) is 79.7 Å². The van der Waals surface area contributed by atoms with E-state index in [2.05, 4.69) is 34.3 Å². The van der Waals surface area contributed by atoms with Crippen molar-refractivity contribution < 1.29 is 23.1 Å². The van der Waals surface area contributed by atoms with Gasteiger partial charge >= 0.3 is 6.03 Å². The first-order valence-electron chi connectivity index (χ1n) is 13.6. The molecule has 3 aromatic carbocycles. The lowest BCUT2D eigenvalue weighted by Gasteiger charge is -2.26. The smallest absolute Gasteiger partial charge is 0.329 e. The van der Waals surface area contributed by atoms with E-state index in [-0.39, 0.29) is 29.1 Å². The molecule has 0 spiro atoms. The van der Waals surface area contributed by atoms with E-state index in [9.17, 15) is 18.4 Å². The number of carbonyl (C=O) groups excluding carboxylic acids is 2. The number of anilines is 1. The van der Waals surface area contributed by atoms with Crippen molar-refractivity contribution in [3.05, 3.63) is 94.1 Å². The van der Waals surface area contributed by atoms with Gasteiger partial charge in [-0.05, 0) is 47.4 Å². The van der Waals surface area contributed by atoms with Gasteiger partial charge in [-0.3, -0.25) is 19.9 Å². The van der Waals surface area contributed by atoms with Gasteiger partial charge in [0.1, 0.15) is 23.2 Å². The van der Waals surface area contributed by atoms with Crippen molar-refractivity contribution in [1.82, 2.24) is 19.8 Å². The summed E-state index contributed by atoms with van der Waals surface area (Å²) < 4.78 is 35.0. The normalized spacial score (nSPS) is 17.0. The molecular formula is C31H28ClF2N5O3. The summed E-state index contributed by atoms with van der Waals surface area (Å²) in [5, 5.41) is 2.23. The molecule has 0 radical (unpaired) electrons. The maximum Gasteiger partial charge on any atom is 0.329 e. The van der Waals surface area contributed by atoms with Gasteiger partial charge in [0.25, 0.3) is 0 Å². The maximum absolute atomic E-state index is 14.1. The highest BCUT2D eigenvalue weighted by atomic mass is 35.5. The highest BCUT2D eigenvalue weighted by Gasteiger charge is 2.31. The Morgan fingerprint density at radius 2 is 1.88 bits per heavy atom. The second-order valence-electron chi connectivity index (χ2n) is 10.4. The van der Waals surface area contributed by atoms with Gasteiger partial charge in [-0.15, -0.1) is 0 Å². The van der Waals surface area contributed by atoms with Gasteiger partial charge in [-0.1, -0.05) is 42.8 Å². The molecule has 2 aliphatic rings. The third-order valence-electron chi connectivity index (χ3n) is 7.75. The van der Waals surface area contributed by atoms with E-state index in [4.69, 9.17) is 16.3 Å². The van der Waals surface area contributed by atoms with Crippen LogP contribution >= 0.6 is 11.6 Å². The van der Waals surface area contributed by atoms with Crippen molar-refractivity contribution >= 4 is 29.4 Å². The molecule has 1 fully saturated rings. The Hall–Kier alpha value is -4.28. The summed E-state index contributed by atoms with van der Waals surface area (Å²) >= 11 is 5.97. The predicted molar refractivity (Wildman–Crippen MR) is 154 cm³/mol. The third kappa shape index (κ3) is 5.23. The van der Waals surface area contributed by atoms with Crippen molar-refractivity contribution in [3.63, 3.8) is 0 Å². The second-order valence-corrected chi connectivity index (χ2v) is 10.8. The fraction of sp³-hybridized carbons (Fsp3) is 0.258. The quantitative estimate of drug-likeness (QED) is 0.258. The largest absolute Gasteiger partial charge is 0.453 e. The minimum absolute atomic E-state index is 0.133. The van der Waals surface area contributed by atoms with E-state index in [0.29, 0.717) is 24.7 Å². The minimum atomic E-state index is -0.862. The van der Waals surface area contributed by atoms with Gasteiger partial charge in [0.15, 0.2) is 11.6 Å². The molecule has 1 atom stereocenters. The number of hydrogen-bond acceptors (Lipinski definition) is 5. The number of fused-ring (bicyclic) bond motifs is 1.